The molecule has 2 rings (SSSR count). The van der Waals surface area contributed by atoms with Crippen LogP contribution in [0.3, 0.4) is 0 Å². The number of carbonyl (C=O) groups is 2. The minimum atomic E-state index is -3.75. The van der Waals surface area contributed by atoms with Gasteiger partial charge in [-0.05, 0) is 35.9 Å². The van der Waals surface area contributed by atoms with Crippen LogP contribution in [0.2, 0.25) is 5.02 Å². The van der Waals surface area contributed by atoms with Crippen molar-refractivity contribution in [3.8, 4) is 5.75 Å². The molecule has 9 heteroatoms. The molecule has 0 radical (unpaired) electrons. The van der Waals surface area contributed by atoms with E-state index in [2.05, 4.69) is 5.32 Å². The summed E-state index contributed by atoms with van der Waals surface area (Å²) in [6.45, 7) is 0.207. The summed E-state index contributed by atoms with van der Waals surface area (Å²) in [4.78, 5) is 24.3. The Labute approximate surface area is 162 Å². The van der Waals surface area contributed by atoms with Crippen molar-refractivity contribution < 1.29 is 22.7 Å². The Morgan fingerprint density at radius 3 is 2.37 bits per heavy atom. The minimum Gasteiger partial charge on any atom is -0.496 e. The first-order chi connectivity index (χ1) is 12.7. The van der Waals surface area contributed by atoms with Gasteiger partial charge in [0.15, 0.2) is 5.78 Å². The average Bonchev–Trinajstić information content (AvgIpc) is 2.64. The summed E-state index contributed by atoms with van der Waals surface area (Å²) >= 11 is 5.90. The lowest BCUT2D eigenvalue weighted by Crippen LogP contribution is -2.23. The predicted molar refractivity (Wildman–Crippen MR) is 101 cm³/mol. The normalized spacial score (nSPS) is 11.1. The molecule has 0 fully saturated rings. The summed E-state index contributed by atoms with van der Waals surface area (Å²) in [5.41, 5.74) is 1.04. The number of methoxy groups -OCH3 is 1. The van der Waals surface area contributed by atoms with Gasteiger partial charge >= 0.3 is 0 Å². The molecule has 0 atom stereocenters. The summed E-state index contributed by atoms with van der Waals surface area (Å²) in [7, 11) is -2.30. The van der Waals surface area contributed by atoms with Gasteiger partial charge in [-0.2, -0.15) is 0 Å². The number of nitrogens with one attached hydrogen (secondary N) is 1. The van der Waals surface area contributed by atoms with Gasteiger partial charge in [0.2, 0.25) is 15.9 Å². The molecule has 1 amide bonds. The monoisotopic (exact) mass is 410 g/mol. The topological polar surface area (TPSA) is 116 Å². The van der Waals surface area contributed by atoms with Crippen LogP contribution in [0.5, 0.6) is 5.75 Å². The van der Waals surface area contributed by atoms with Crippen LogP contribution >= 0.6 is 11.6 Å². The molecule has 7 nitrogen and oxygen atoms in total. The van der Waals surface area contributed by atoms with E-state index in [0.717, 1.165) is 0 Å². The van der Waals surface area contributed by atoms with Crippen molar-refractivity contribution in [1.29, 1.82) is 0 Å². The number of nitrogens with two attached hydrogens (primary N) is 1. The molecule has 2 aromatic rings. The molecule has 0 aromatic heterocycles. The predicted octanol–water partition coefficient (Wildman–Crippen LogP) is 2.28. The van der Waals surface area contributed by atoms with E-state index in [1.807, 2.05) is 0 Å². The maximum Gasteiger partial charge on any atom is 0.238 e. The zero-order chi connectivity index (χ0) is 20.0. The highest BCUT2D eigenvalue weighted by Crippen LogP contribution is 2.24. The molecule has 0 spiro atoms. The number of rotatable bonds is 8. The zero-order valence-electron chi connectivity index (χ0n) is 14.6. The van der Waals surface area contributed by atoms with Gasteiger partial charge in [0.25, 0.3) is 0 Å². The quantitative estimate of drug-likeness (QED) is 0.647. The Balaban J connectivity index is 1.88. The Morgan fingerprint density at radius 2 is 1.78 bits per heavy atom. The zero-order valence-corrected chi connectivity index (χ0v) is 16.1. The highest BCUT2D eigenvalue weighted by molar-refractivity contribution is 7.89. The van der Waals surface area contributed by atoms with Crippen molar-refractivity contribution in [3.63, 3.8) is 0 Å². The number of ketones is 1. The minimum absolute atomic E-state index is 0.00126. The van der Waals surface area contributed by atoms with E-state index < -0.39 is 10.0 Å². The molecule has 0 aliphatic rings. The fourth-order valence-corrected chi connectivity index (χ4v) is 3.03. The Bertz CT molecular complexity index is 943. The maximum atomic E-state index is 12.3. The first-order valence-corrected chi connectivity index (χ1v) is 9.88. The molecule has 0 heterocycles. The lowest BCUT2D eigenvalue weighted by atomic mass is 10.1. The van der Waals surface area contributed by atoms with Gasteiger partial charge in [0.1, 0.15) is 5.75 Å². The molecular formula is C18H19ClN2O5S. The number of Topliss-reactive ketones (excluding diaryl/α,β-unsaturated/α-hetero) is 1. The molecular weight excluding hydrogens is 392 g/mol. The first-order valence-electron chi connectivity index (χ1n) is 7.96. The second-order valence-corrected chi connectivity index (χ2v) is 7.73. The molecule has 2 aromatic carbocycles. The molecule has 0 bridgehead atoms. The number of hydrogen-bond donors (Lipinski definition) is 2. The smallest absolute Gasteiger partial charge is 0.238 e. The fourth-order valence-electron chi connectivity index (χ4n) is 2.35. The summed E-state index contributed by atoms with van der Waals surface area (Å²) in [6, 6.07) is 10.6. The van der Waals surface area contributed by atoms with Gasteiger partial charge < -0.3 is 10.1 Å². The summed E-state index contributed by atoms with van der Waals surface area (Å²) < 4.78 is 27.5. The van der Waals surface area contributed by atoms with Crippen LogP contribution in [0, 0.1) is 0 Å². The lowest BCUT2D eigenvalue weighted by Gasteiger charge is -2.09. The van der Waals surface area contributed by atoms with E-state index in [0.29, 0.717) is 21.9 Å². The van der Waals surface area contributed by atoms with E-state index in [9.17, 15) is 18.0 Å². The molecule has 0 unspecified atom stereocenters. The van der Waals surface area contributed by atoms with Crippen molar-refractivity contribution >= 4 is 33.3 Å². The van der Waals surface area contributed by atoms with E-state index in [1.54, 1.807) is 24.3 Å². The van der Waals surface area contributed by atoms with Crippen molar-refractivity contribution in [3.05, 3.63) is 58.6 Å². The third-order valence-electron chi connectivity index (χ3n) is 3.78. The molecule has 0 aliphatic carbocycles. The first kappa shape index (κ1) is 20.9. The molecule has 27 heavy (non-hydrogen) atoms. The van der Waals surface area contributed by atoms with Crippen molar-refractivity contribution in [2.24, 2.45) is 5.14 Å². The number of carbonyl (C=O) groups excluding carboxylic acids is 2. The summed E-state index contributed by atoms with van der Waals surface area (Å²) in [5, 5.41) is 8.11. The van der Waals surface area contributed by atoms with E-state index in [-0.39, 0.29) is 36.0 Å². The van der Waals surface area contributed by atoms with Crippen LogP contribution in [0.4, 0.5) is 0 Å². The van der Waals surface area contributed by atoms with Crippen molar-refractivity contribution in [2.45, 2.75) is 24.3 Å². The van der Waals surface area contributed by atoms with Crippen LogP contribution in [0.15, 0.2) is 47.4 Å². The number of ether oxygens (including phenoxy) is 1. The van der Waals surface area contributed by atoms with Gasteiger partial charge in [0.05, 0.1) is 17.6 Å². The number of benzene rings is 2. The lowest BCUT2D eigenvalue weighted by molar-refractivity contribution is -0.121. The third kappa shape index (κ3) is 6.06. The Hall–Kier alpha value is -2.42. The fraction of sp³-hybridized carbons (Fsp3) is 0.222. The van der Waals surface area contributed by atoms with Gasteiger partial charge in [-0.3, -0.25) is 9.59 Å². The van der Waals surface area contributed by atoms with Gasteiger partial charge in [-0.15, -0.1) is 0 Å². The average molecular weight is 411 g/mol. The highest BCUT2D eigenvalue weighted by Gasteiger charge is 2.15. The van der Waals surface area contributed by atoms with E-state index in [4.69, 9.17) is 21.5 Å². The number of amides is 1. The van der Waals surface area contributed by atoms with Crippen molar-refractivity contribution in [2.75, 3.05) is 7.11 Å². The molecule has 144 valence electrons. The molecule has 0 saturated heterocycles. The van der Waals surface area contributed by atoms with Crippen LogP contribution in [-0.2, 0) is 21.4 Å². The van der Waals surface area contributed by atoms with E-state index in [1.165, 1.54) is 25.3 Å². The SMILES string of the molecule is COc1ccc(Cl)cc1C(=O)CCC(=O)NCc1ccc(S(N)(=O)=O)cc1. The Morgan fingerprint density at radius 1 is 1.11 bits per heavy atom. The number of hydrogen-bond acceptors (Lipinski definition) is 5. The highest BCUT2D eigenvalue weighted by atomic mass is 35.5. The van der Waals surface area contributed by atoms with Crippen LogP contribution in [-0.4, -0.2) is 27.2 Å². The molecule has 3 N–H and O–H groups in total. The molecule has 0 saturated carbocycles. The number of halogens is 1. The summed E-state index contributed by atoms with van der Waals surface area (Å²) in [5.74, 6) is -0.151. The van der Waals surface area contributed by atoms with Gasteiger partial charge in [-0.1, -0.05) is 23.7 Å². The second kappa shape index (κ2) is 8.98. The second-order valence-electron chi connectivity index (χ2n) is 5.73. The number of sulfonamides is 1. The van der Waals surface area contributed by atoms with Crippen LogP contribution in [0.1, 0.15) is 28.8 Å². The standard InChI is InChI=1S/C18H19ClN2O5S/c1-26-17-8-4-13(19)10-15(17)16(22)7-9-18(23)21-11-12-2-5-14(6-3-12)27(20,24)25/h2-6,8,10H,7,9,11H2,1H3,(H,21,23)(H2,20,24,25). The molecule has 0 aliphatic heterocycles. The van der Waals surface area contributed by atoms with Crippen LogP contribution < -0.4 is 15.2 Å². The summed E-state index contributed by atoms with van der Waals surface area (Å²) in [6.07, 6.45) is 0.0106. The van der Waals surface area contributed by atoms with Crippen molar-refractivity contribution in [1.82, 2.24) is 5.32 Å². The van der Waals surface area contributed by atoms with Crippen LogP contribution in [0.25, 0.3) is 0 Å². The maximum absolute atomic E-state index is 12.3. The van der Waals surface area contributed by atoms with E-state index >= 15 is 0 Å². The Kier molecular flexibility index (Phi) is 6.95. The van der Waals surface area contributed by atoms with Gasteiger partial charge in [-0.25, -0.2) is 13.6 Å². The largest absolute Gasteiger partial charge is 0.496 e. The number of primary sulfonamides is 1. The third-order valence-corrected chi connectivity index (χ3v) is 4.95. The van der Waals surface area contributed by atoms with Gasteiger partial charge in [0, 0.05) is 24.4 Å².